The van der Waals surface area contributed by atoms with Crippen LogP contribution in [0.1, 0.15) is 82.1 Å². The zero-order valence-corrected chi connectivity index (χ0v) is 20.9. The van der Waals surface area contributed by atoms with Crippen LogP contribution in [0.25, 0.3) is 11.0 Å². The molecule has 0 aliphatic heterocycles. The number of carbonyl (C=O) groups excluding carboxylic acids is 2. The predicted molar refractivity (Wildman–Crippen MR) is 128 cm³/mol. The quantitative estimate of drug-likeness (QED) is 0.583. The van der Waals surface area contributed by atoms with E-state index >= 15 is 0 Å². The van der Waals surface area contributed by atoms with E-state index in [1.165, 1.54) is 15.2 Å². The van der Waals surface area contributed by atoms with E-state index in [2.05, 4.69) is 5.32 Å². The van der Waals surface area contributed by atoms with Crippen LogP contribution in [0.5, 0.6) is 0 Å². The van der Waals surface area contributed by atoms with Crippen LogP contribution in [-0.4, -0.2) is 44.5 Å². The van der Waals surface area contributed by atoms with Crippen molar-refractivity contribution in [3.05, 3.63) is 33.7 Å². The molecule has 1 N–H and O–H groups in total. The number of alkyl halides is 3. The molecule has 3 rings (SSSR count). The van der Waals surface area contributed by atoms with Crippen molar-refractivity contribution in [2.45, 2.75) is 97.6 Å². The average Bonchev–Trinajstić information content (AvgIpc) is 3.07. The van der Waals surface area contributed by atoms with Gasteiger partial charge in [-0.1, -0.05) is 26.2 Å². The maximum Gasteiger partial charge on any atom is 0.417 e. The number of nitrogens with one attached hydrogen (secondary N) is 1. The Balaban J connectivity index is 2.17. The summed E-state index contributed by atoms with van der Waals surface area (Å²) < 4.78 is 45.2. The molecule has 1 saturated carbocycles. The van der Waals surface area contributed by atoms with Crippen molar-refractivity contribution in [1.29, 1.82) is 0 Å². The van der Waals surface area contributed by atoms with Gasteiger partial charge in [0, 0.05) is 38.1 Å². The van der Waals surface area contributed by atoms with Gasteiger partial charge in [-0.05, 0) is 45.7 Å². The minimum absolute atomic E-state index is 0.0869. The number of amides is 2. The highest BCUT2D eigenvalue weighted by atomic mass is 19.4. The molecule has 1 aliphatic carbocycles. The van der Waals surface area contributed by atoms with Gasteiger partial charge in [0.1, 0.15) is 0 Å². The Labute approximate surface area is 203 Å². The lowest BCUT2D eigenvalue weighted by molar-refractivity contribution is -0.138. The van der Waals surface area contributed by atoms with Crippen LogP contribution >= 0.6 is 0 Å². The summed E-state index contributed by atoms with van der Waals surface area (Å²) in [5, 5.41) is 2.69. The van der Waals surface area contributed by atoms with Gasteiger partial charge in [0.15, 0.2) is 0 Å². The third kappa shape index (κ3) is 5.56. The van der Waals surface area contributed by atoms with Crippen LogP contribution in [0, 0.1) is 0 Å². The Kier molecular flexibility index (Phi) is 8.33. The summed E-state index contributed by atoms with van der Waals surface area (Å²) in [6.07, 6.45) is -0.0140. The molecule has 7 nitrogen and oxygen atoms in total. The van der Waals surface area contributed by atoms with Crippen LogP contribution in [0.2, 0.25) is 0 Å². The molecule has 1 fully saturated rings. The van der Waals surface area contributed by atoms with Crippen LogP contribution in [0.3, 0.4) is 0 Å². The van der Waals surface area contributed by atoms with Crippen molar-refractivity contribution >= 4 is 22.8 Å². The summed E-state index contributed by atoms with van der Waals surface area (Å²) in [7, 11) is 0. The number of hydrogen-bond donors (Lipinski definition) is 1. The van der Waals surface area contributed by atoms with Crippen molar-refractivity contribution in [3.8, 4) is 0 Å². The van der Waals surface area contributed by atoms with Gasteiger partial charge >= 0.3 is 11.9 Å². The first-order chi connectivity index (χ1) is 16.5. The summed E-state index contributed by atoms with van der Waals surface area (Å²) in [6.45, 7) is 7.43. The van der Waals surface area contributed by atoms with Crippen LogP contribution < -0.4 is 11.0 Å². The molecule has 10 heteroatoms. The number of aromatic nitrogens is 2. The normalized spacial score (nSPS) is 15.1. The van der Waals surface area contributed by atoms with Gasteiger partial charge in [0.05, 0.1) is 22.2 Å². The van der Waals surface area contributed by atoms with Gasteiger partial charge in [-0.25, -0.2) is 4.79 Å². The Morgan fingerprint density at radius 1 is 1.09 bits per heavy atom. The van der Waals surface area contributed by atoms with E-state index < -0.39 is 28.9 Å². The lowest BCUT2D eigenvalue weighted by atomic mass is 9.92. The second kappa shape index (κ2) is 10.9. The standard InChI is InChI=1S/C25H35F3N4O3/c1-5-22(33)29-12-13-31-20-14-18(23(34)32(16(3)4)17-10-8-7-9-11-17)19(25(26,27)28)15-21(20)30(6-2)24(31)35/h14-17H,5-13H2,1-4H3,(H,29,33). The molecule has 1 aliphatic rings. The summed E-state index contributed by atoms with van der Waals surface area (Å²) in [6, 6.07) is 1.76. The lowest BCUT2D eigenvalue weighted by Gasteiger charge is -2.38. The molecule has 2 amide bonds. The molecule has 194 valence electrons. The monoisotopic (exact) mass is 496 g/mol. The largest absolute Gasteiger partial charge is 0.417 e. The van der Waals surface area contributed by atoms with Gasteiger partial charge in [-0.15, -0.1) is 0 Å². The number of aryl methyl sites for hydroxylation is 1. The Bertz CT molecular complexity index is 1130. The number of carbonyl (C=O) groups is 2. The maximum atomic E-state index is 14.2. The first-order valence-corrected chi connectivity index (χ1v) is 12.4. The van der Waals surface area contributed by atoms with Crippen molar-refractivity contribution in [1.82, 2.24) is 19.4 Å². The molecular formula is C25H35F3N4O3. The Hall–Kier alpha value is -2.78. The van der Waals surface area contributed by atoms with E-state index in [1.54, 1.807) is 18.7 Å². The van der Waals surface area contributed by atoms with E-state index in [1.807, 2.05) is 13.8 Å². The fourth-order valence-electron chi connectivity index (χ4n) is 5.05. The van der Waals surface area contributed by atoms with Gasteiger partial charge in [-0.2, -0.15) is 13.2 Å². The zero-order valence-electron chi connectivity index (χ0n) is 20.9. The van der Waals surface area contributed by atoms with E-state index in [-0.39, 0.29) is 55.1 Å². The number of rotatable bonds is 8. The number of halogens is 3. The topological polar surface area (TPSA) is 76.3 Å². The zero-order chi connectivity index (χ0) is 25.9. The highest BCUT2D eigenvalue weighted by Gasteiger charge is 2.39. The molecule has 1 aromatic carbocycles. The van der Waals surface area contributed by atoms with E-state index in [4.69, 9.17) is 0 Å². The highest BCUT2D eigenvalue weighted by molar-refractivity contribution is 6.00. The number of nitrogens with zero attached hydrogens (tertiary/aromatic N) is 3. The number of fused-ring (bicyclic) bond motifs is 1. The third-order valence-electron chi connectivity index (χ3n) is 6.75. The first-order valence-electron chi connectivity index (χ1n) is 12.4. The summed E-state index contributed by atoms with van der Waals surface area (Å²) in [5.74, 6) is -0.851. The van der Waals surface area contributed by atoms with Gasteiger partial charge < -0.3 is 10.2 Å². The van der Waals surface area contributed by atoms with Crippen molar-refractivity contribution < 1.29 is 22.8 Å². The fourth-order valence-corrected chi connectivity index (χ4v) is 5.05. The molecule has 0 bridgehead atoms. The molecule has 0 saturated heterocycles. The molecule has 35 heavy (non-hydrogen) atoms. The Morgan fingerprint density at radius 2 is 1.71 bits per heavy atom. The van der Waals surface area contributed by atoms with E-state index in [0.29, 0.717) is 0 Å². The molecule has 1 heterocycles. The minimum atomic E-state index is -4.76. The molecule has 1 aromatic heterocycles. The van der Waals surface area contributed by atoms with Crippen LogP contribution in [0.15, 0.2) is 16.9 Å². The average molecular weight is 497 g/mol. The summed E-state index contributed by atoms with van der Waals surface area (Å²) in [4.78, 5) is 39.9. The van der Waals surface area contributed by atoms with Crippen molar-refractivity contribution in [2.24, 2.45) is 0 Å². The highest BCUT2D eigenvalue weighted by Crippen LogP contribution is 2.36. The fraction of sp³-hybridized carbons (Fsp3) is 0.640. The predicted octanol–water partition coefficient (Wildman–Crippen LogP) is 4.55. The van der Waals surface area contributed by atoms with Gasteiger partial charge in [0.2, 0.25) is 5.91 Å². The second-order valence-electron chi connectivity index (χ2n) is 9.36. The number of hydrogen-bond acceptors (Lipinski definition) is 3. The smallest absolute Gasteiger partial charge is 0.354 e. The molecule has 0 unspecified atom stereocenters. The van der Waals surface area contributed by atoms with Crippen molar-refractivity contribution in [3.63, 3.8) is 0 Å². The molecule has 2 aromatic rings. The maximum absolute atomic E-state index is 14.2. The second-order valence-corrected chi connectivity index (χ2v) is 9.36. The van der Waals surface area contributed by atoms with Crippen LogP contribution in [0.4, 0.5) is 13.2 Å². The van der Waals surface area contributed by atoms with Gasteiger partial charge in [0.25, 0.3) is 5.91 Å². The summed E-state index contributed by atoms with van der Waals surface area (Å²) >= 11 is 0. The van der Waals surface area contributed by atoms with Crippen LogP contribution in [-0.2, 0) is 24.1 Å². The number of imidazole rings is 1. The third-order valence-corrected chi connectivity index (χ3v) is 6.75. The molecule has 0 spiro atoms. The van der Waals surface area contributed by atoms with Gasteiger partial charge in [-0.3, -0.25) is 18.7 Å². The first kappa shape index (κ1) is 26.8. The summed E-state index contributed by atoms with van der Waals surface area (Å²) in [5.41, 5.74) is -1.57. The Morgan fingerprint density at radius 3 is 2.26 bits per heavy atom. The van der Waals surface area contributed by atoms with E-state index in [0.717, 1.165) is 38.2 Å². The lowest BCUT2D eigenvalue weighted by Crippen LogP contribution is -2.46. The molecular weight excluding hydrogens is 461 g/mol. The minimum Gasteiger partial charge on any atom is -0.354 e. The molecule has 0 radical (unpaired) electrons. The van der Waals surface area contributed by atoms with Crippen molar-refractivity contribution in [2.75, 3.05) is 6.54 Å². The molecule has 0 atom stereocenters. The van der Waals surface area contributed by atoms with E-state index in [9.17, 15) is 27.6 Å². The number of benzene rings is 1. The SMILES string of the molecule is CCC(=O)NCCn1c(=O)n(CC)c2cc(C(F)(F)F)c(C(=O)N(C(C)C)C3CCCCC3)cc21.